The maximum atomic E-state index is 13.9. The van der Waals surface area contributed by atoms with Crippen molar-refractivity contribution >= 4 is 12.6 Å². The molecule has 6 heteroatoms. The summed E-state index contributed by atoms with van der Waals surface area (Å²) in [5, 5.41) is 8.25. The minimum Gasteiger partial charge on any atom is -0.267 e. The van der Waals surface area contributed by atoms with Crippen LogP contribution in [0.25, 0.3) is 17.1 Å². The van der Waals surface area contributed by atoms with Crippen molar-refractivity contribution in [1.29, 1.82) is 0 Å². The van der Waals surface area contributed by atoms with Crippen LogP contribution in [0.15, 0.2) is 53.9 Å². The molecule has 0 saturated heterocycles. The third-order valence-corrected chi connectivity index (χ3v) is 2.95. The van der Waals surface area contributed by atoms with E-state index in [1.807, 2.05) is 6.07 Å². The quantitative estimate of drug-likeness (QED) is 0.729. The molecule has 0 N–H and O–H groups in total. The largest absolute Gasteiger partial charge is 0.267 e. The van der Waals surface area contributed by atoms with Crippen LogP contribution in [0.5, 0.6) is 0 Å². The molecule has 0 saturated carbocycles. The highest BCUT2D eigenvalue weighted by atomic mass is 32.1. The van der Waals surface area contributed by atoms with Crippen LogP contribution in [0.2, 0.25) is 0 Å². The van der Waals surface area contributed by atoms with Gasteiger partial charge < -0.3 is 0 Å². The molecule has 0 fully saturated rings. The molecule has 0 atom stereocenters. The predicted molar refractivity (Wildman–Crippen MR) is 71.8 cm³/mol. The Kier molecular flexibility index (Phi) is 3.00. The summed E-state index contributed by atoms with van der Waals surface area (Å²) < 4.78 is 15.5. The monoisotopic (exact) mass is 272 g/mol. The van der Waals surface area contributed by atoms with Crippen molar-refractivity contribution < 1.29 is 4.39 Å². The average Bonchev–Trinajstić information content (AvgIpc) is 2.82. The van der Waals surface area contributed by atoms with Crippen LogP contribution in [0, 0.1) is 5.82 Å². The Hall–Kier alpha value is -2.21. The fourth-order valence-electron chi connectivity index (χ4n) is 1.81. The van der Waals surface area contributed by atoms with Gasteiger partial charge in [0.1, 0.15) is 5.82 Å². The van der Waals surface area contributed by atoms with E-state index in [0.29, 0.717) is 16.7 Å². The number of benzene rings is 1. The molecular weight excluding hydrogens is 263 g/mol. The van der Waals surface area contributed by atoms with Gasteiger partial charge in [-0.25, -0.2) is 4.39 Å². The topological polar surface area (TPSA) is 43.6 Å². The molecular formula is C13H9FN4S. The highest BCUT2D eigenvalue weighted by molar-refractivity contribution is 7.80. The van der Waals surface area contributed by atoms with Gasteiger partial charge >= 0.3 is 0 Å². The number of hydrogen-bond donors (Lipinski definition) is 1. The van der Waals surface area contributed by atoms with Gasteiger partial charge in [-0.2, -0.15) is 0 Å². The van der Waals surface area contributed by atoms with Crippen molar-refractivity contribution in [1.82, 2.24) is 19.7 Å². The fourth-order valence-corrected chi connectivity index (χ4v) is 2.06. The number of para-hydroxylation sites is 1. The Morgan fingerprint density at radius 2 is 1.89 bits per heavy atom. The number of halogens is 1. The van der Waals surface area contributed by atoms with Gasteiger partial charge in [-0.1, -0.05) is 12.1 Å². The molecule has 2 heterocycles. The Bertz CT molecular complexity index is 712. The molecule has 94 valence electrons. The smallest absolute Gasteiger partial charge is 0.193 e. The number of hydrogen-bond acceptors (Lipinski definition) is 4. The van der Waals surface area contributed by atoms with Gasteiger partial charge in [-0.05, 0) is 24.3 Å². The minimum absolute atomic E-state index is 0.323. The number of pyridine rings is 1. The molecule has 0 amide bonds. The summed E-state index contributed by atoms with van der Waals surface area (Å²) >= 11 is 4.23. The lowest BCUT2D eigenvalue weighted by Crippen LogP contribution is -2.01. The van der Waals surface area contributed by atoms with Crippen LogP contribution in [-0.2, 0) is 0 Å². The first-order valence-electron chi connectivity index (χ1n) is 5.57. The Morgan fingerprint density at radius 1 is 1.05 bits per heavy atom. The van der Waals surface area contributed by atoms with Crippen molar-refractivity contribution in [2.45, 2.75) is 5.16 Å². The highest BCUT2D eigenvalue weighted by Crippen LogP contribution is 2.25. The number of rotatable bonds is 2. The van der Waals surface area contributed by atoms with E-state index in [-0.39, 0.29) is 5.82 Å². The van der Waals surface area contributed by atoms with Gasteiger partial charge in [-0.3, -0.25) is 9.55 Å². The lowest BCUT2D eigenvalue weighted by Gasteiger charge is -2.08. The van der Waals surface area contributed by atoms with Gasteiger partial charge in [0.05, 0.1) is 5.69 Å². The fraction of sp³-hybridized carbons (Fsp3) is 0. The lowest BCUT2D eigenvalue weighted by atomic mass is 10.2. The Balaban J connectivity index is 2.23. The summed E-state index contributed by atoms with van der Waals surface area (Å²) in [5.74, 6) is 0.144. The van der Waals surface area contributed by atoms with E-state index in [1.165, 1.54) is 6.07 Å². The van der Waals surface area contributed by atoms with Gasteiger partial charge in [0.2, 0.25) is 0 Å². The molecule has 3 rings (SSSR count). The molecule has 2 aromatic heterocycles. The van der Waals surface area contributed by atoms with E-state index >= 15 is 0 Å². The predicted octanol–water partition coefficient (Wildman–Crippen LogP) is 2.76. The van der Waals surface area contributed by atoms with Crippen molar-refractivity contribution in [2.75, 3.05) is 0 Å². The number of thiol groups is 1. The van der Waals surface area contributed by atoms with Crippen molar-refractivity contribution in [3.63, 3.8) is 0 Å². The van der Waals surface area contributed by atoms with Gasteiger partial charge in [0.15, 0.2) is 11.0 Å². The first kappa shape index (κ1) is 11.9. The first-order valence-corrected chi connectivity index (χ1v) is 6.02. The van der Waals surface area contributed by atoms with E-state index in [1.54, 1.807) is 41.2 Å². The summed E-state index contributed by atoms with van der Waals surface area (Å²) in [4.78, 5) is 4.03. The second-order valence-corrected chi connectivity index (χ2v) is 4.25. The molecule has 3 aromatic rings. The third-order valence-electron chi connectivity index (χ3n) is 2.66. The maximum absolute atomic E-state index is 13.9. The molecule has 19 heavy (non-hydrogen) atoms. The van der Waals surface area contributed by atoms with E-state index < -0.39 is 0 Å². The summed E-state index contributed by atoms with van der Waals surface area (Å²) in [5.41, 5.74) is 1.11. The second kappa shape index (κ2) is 4.81. The van der Waals surface area contributed by atoms with Crippen molar-refractivity contribution in [3.05, 3.63) is 54.6 Å². The normalized spacial score (nSPS) is 10.6. The van der Waals surface area contributed by atoms with Crippen molar-refractivity contribution in [3.8, 4) is 17.1 Å². The average molecular weight is 272 g/mol. The summed E-state index contributed by atoms with van der Waals surface area (Å²) in [6.07, 6.45) is 3.31. The summed E-state index contributed by atoms with van der Waals surface area (Å²) in [6.45, 7) is 0. The summed E-state index contributed by atoms with van der Waals surface area (Å²) in [7, 11) is 0. The van der Waals surface area contributed by atoms with Crippen LogP contribution in [-0.4, -0.2) is 19.7 Å². The molecule has 0 bridgehead atoms. The van der Waals surface area contributed by atoms with Gasteiger partial charge in [0.25, 0.3) is 0 Å². The minimum atomic E-state index is -0.359. The van der Waals surface area contributed by atoms with Crippen LogP contribution in [0.1, 0.15) is 0 Å². The van der Waals surface area contributed by atoms with E-state index in [4.69, 9.17) is 0 Å². The number of nitrogens with zero attached hydrogens (tertiary/aromatic N) is 4. The zero-order valence-electron chi connectivity index (χ0n) is 9.73. The molecule has 0 spiro atoms. The molecule has 0 aliphatic rings. The highest BCUT2D eigenvalue weighted by Gasteiger charge is 2.15. The lowest BCUT2D eigenvalue weighted by molar-refractivity contribution is 0.614. The second-order valence-electron chi connectivity index (χ2n) is 3.85. The van der Waals surface area contributed by atoms with Crippen LogP contribution >= 0.6 is 12.6 Å². The Morgan fingerprint density at radius 3 is 2.63 bits per heavy atom. The van der Waals surface area contributed by atoms with Gasteiger partial charge in [0, 0.05) is 18.0 Å². The number of aromatic nitrogens is 4. The molecule has 0 unspecified atom stereocenters. The summed E-state index contributed by atoms with van der Waals surface area (Å²) in [6, 6.07) is 10.0. The van der Waals surface area contributed by atoms with Crippen LogP contribution in [0.3, 0.4) is 0 Å². The van der Waals surface area contributed by atoms with Crippen LogP contribution in [0.4, 0.5) is 4.39 Å². The first-order chi connectivity index (χ1) is 9.27. The third kappa shape index (κ3) is 2.10. The van der Waals surface area contributed by atoms with E-state index in [9.17, 15) is 4.39 Å². The zero-order chi connectivity index (χ0) is 13.2. The van der Waals surface area contributed by atoms with E-state index in [0.717, 1.165) is 5.56 Å². The van der Waals surface area contributed by atoms with Crippen molar-refractivity contribution in [2.24, 2.45) is 0 Å². The SMILES string of the molecule is Fc1ccccc1-n1c(S)nnc1-c1cccnc1. The van der Waals surface area contributed by atoms with E-state index in [2.05, 4.69) is 27.8 Å². The molecule has 0 aliphatic heterocycles. The Labute approximate surface area is 114 Å². The zero-order valence-corrected chi connectivity index (χ0v) is 10.6. The molecule has 4 nitrogen and oxygen atoms in total. The molecule has 1 aromatic carbocycles. The van der Waals surface area contributed by atoms with Crippen LogP contribution < -0.4 is 0 Å². The molecule has 0 aliphatic carbocycles. The van der Waals surface area contributed by atoms with Gasteiger partial charge in [-0.15, -0.1) is 22.8 Å². The molecule has 0 radical (unpaired) electrons. The standard InChI is InChI=1S/C13H9FN4S/c14-10-5-1-2-6-11(10)18-12(16-17-13(18)19)9-4-3-7-15-8-9/h1-8H,(H,17,19). The maximum Gasteiger partial charge on any atom is 0.193 e.